The molecule has 8 nitrogen and oxygen atoms in total. The van der Waals surface area contributed by atoms with Gasteiger partial charge in [-0.2, -0.15) is 0 Å². The number of aromatic nitrogens is 2. The Bertz CT molecular complexity index is 1300. The van der Waals surface area contributed by atoms with Gasteiger partial charge in [-0.05, 0) is 35.5 Å². The standard InChI is InChI=1S/C30H36N6O2/c1-5-30(19-33-30)26(37)25(29(2,3)4)35-27(38)24-22-18-36(28-31-14-10-15-32-28)16-9-13-21(22)17-23(34-24)20-11-7-6-8-12-20/h6-8,10-15,25,33H,5,9,16-19H2,1-4H3,(H,35,38). The molecular weight excluding hydrogens is 476 g/mol. The molecule has 0 saturated carbocycles. The third-order valence-electron chi connectivity index (χ3n) is 7.66. The number of fused-ring (bicyclic) bond motifs is 1. The maximum Gasteiger partial charge on any atom is 0.270 e. The number of ketones is 1. The highest BCUT2D eigenvalue weighted by molar-refractivity contribution is 6.09. The summed E-state index contributed by atoms with van der Waals surface area (Å²) in [4.78, 5) is 43.6. The van der Waals surface area contributed by atoms with E-state index in [-0.39, 0.29) is 11.7 Å². The van der Waals surface area contributed by atoms with Gasteiger partial charge < -0.3 is 15.5 Å². The molecule has 1 saturated heterocycles. The van der Waals surface area contributed by atoms with Gasteiger partial charge in [0.1, 0.15) is 5.70 Å². The number of nitrogens with zero attached hydrogens (tertiary/aromatic N) is 4. The number of anilines is 1. The van der Waals surface area contributed by atoms with Gasteiger partial charge in [-0.25, -0.2) is 15.0 Å². The van der Waals surface area contributed by atoms with Crippen LogP contribution in [0.25, 0.3) is 0 Å². The van der Waals surface area contributed by atoms with Crippen LogP contribution in [0.5, 0.6) is 0 Å². The monoisotopic (exact) mass is 512 g/mol. The minimum absolute atomic E-state index is 0.0328. The van der Waals surface area contributed by atoms with Gasteiger partial charge in [0.25, 0.3) is 5.91 Å². The SMILES string of the molecule is CCC1(C(=O)C(NC(=O)C2=C3CN(c4ncccn4)CCC=C3CC(c3ccccc3)=N2)C(C)(C)C)CN1. The molecule has 1 aromatic carbocycles. The smallest absolute Gasteiger partial charge is 0.270 e. The zero-order valence-electron chi connectivity index (χ0n) is 22.6. The number of nitrogens with one attached hydrogen (secondary N) is 2. The van der Waals surface area contributed by atoms with Crippen LogP contribution in [-0.4, -0.2) is 58.6 Å². The maximum atomic E-state index is 14.1. The molecule has 198 valence electrons. The summed E-state index contributed by atoms with van der Waals surface area (Å²) in [5, 5.41) is 6.36. The van der Waals surface area contributed by atoms with Crippen LogP contribution in [-0.2, 0) is 9.59 Å². The fraction of sp³-hybridized carbons (Fsp3) is 0.433. The average Bonchev–Trinajstić information content (AvgIpc) is 3.75. The first-order valence-corrected chi connectivity index (χ1v) is 13.4. The number of hydrogen-bond acceptors (Lipinski definition) is 7. The minimum Gasteiger partial charge on any atom is -0.340 e. The first kappa shape index (κ1) is 26.0. The largest absolute Gasteiger partial charge is 0.340 e. The maximum absolute atomic E-state index is 14.1. The van der Waals surface area contributed by atoms with E-state index in [1.807, 2.05) is 58.0 Å². The van der Waals surface area contributed by atoms with Crippen molar-refractivity contribution in [1.29, 1.82) is 0 Å². The lowest BCUT2D eigenvalue weighted by molar-refractivity contribution is -0.130. The Morgan fingerprint density at radius 1 is 1.13 bits per heavy atom. The van der Waals surface area contributed by atoms with Crippen LogP contribution in [0.3, 0.4) is 0 Å². The number of Topliss-reactive ketones (excluding diaryl/α,β-unsaturated/α-hetero) is 1. The summed E-state index contributed by atoms with van der Waals surface area (Å²) >= 11 is 0. The molecule has 2 aromatic rings. The number of rotatable bonds is 7. The van der Waals surface area contributed by atoms with E-state index in [2.05, 4.69) is 31.6 Å². The van der Waals surface area contributed by atoms with Gasteiger partial charge in [0.2, 0.25) is 5.95 Å². The quantitative estimate of drug-likeness (QED) is 0.549. The molecule has 8 heteroatoms. The summed E-state index contributed by atoms with van der Waals surface area (Å²) in [7, 11) is 0. The molecule has 38 heavy (non-hydrogen) atoms. The molecule has 2 unspecified atom stereocenters. The summed E-state index contributed by atoms with van der Waals surface area (Å²) in [6.45, 7) is 9.83. The fourth-order valence-corrected chi connectivity index (χ4v) is 5.18. The Kier molecular flexibility index (Phi) is 7.01. The number of hydrogen-bond donors (Lipinski definition) is 2. The van der Waals surface area contributed by atoms with Crippen molar-refractivity contribution >= 4 is 23.4 Å². The molecule has 3 aliphatic rings. The Balaban J connectivity index is 1.55. The fourth-order valence-electron chi connectivity index (χ4n) is 5.18. The van der Waals surface area contributed by atoms with Crippen molar-refractivity contribution in [2.24, 2.45) is 10.4 Å². The number of carbonyl (C=O) groups is 2. The molecule has 1 amide bonds. The summed E-state index contributed by atoms with van der Waals surface area (Å²) in [5.74, 6) is 0.334. The molecule has 3 aliphatic heterocycles. The highest BCUT2D eigenvalue weighted by Crippen LogP contribution is 2.34. The normalized spacial score (nSPS) is 22.1. The summed E-state index contributed by atoms with van der Waals surface area (Å²) in [6, 6.07) is 11.1. The Morgan fingerprint density at radius 2 is 1.84 bits per heavy atom. The van der Waals surface area contributed by atoms with Gasteiger partial charge in [0, 0.05) is 44.0 Å². The number of carbonyl (C=O) groups excluding carboxylic acids is 2. The van der Waals surface area contributed by atoms with Crippen LogP contribution < -0.4 is 15.5 Å². The second-order valence-corrected chi connectivity index (χ2v) is 11.3. The van der Waals surface area contributed by atoms with Crippen molar-refractivity contribution < 1.29 is 9.59 Å². The van der Waals surface area contributed by atoms with Gasteiger partial charge in [0.15, 0.2) is 5.78 Å². The minimum atomic E-state index is -0.651. The van der Waals surface area contributed by atoms with E-state index in [9.17, 15) is 9.59 Å². The summed E-state index contributed by atoms with van der Waals surface area (Å²) in [5.41, 5.74) is 3.14. The second-order valence-electron chi connectivity index (χ2n) is 11.3. The van der Waals surface area contributed by atoms with Crippen molar-refractivity contribution in [1.82, 2.24) is 20.6 Å². The summed E-state index contributed by atoms with van der Waals surface area (Å²) < 4.78 is 0. The average molecular weight is 513 g/mol. The van der Waals surface area contributed by atoms with Gasteiger partial charge in [-0.15, -0.1) is 0 Å². The van der Waals surface area contributed by atoms with Crippen molar-refractivity contribution in [3.05, 3.63) is 77.3 Å². The first-order valence-electron chi connectivity index (χ1n) is 13.4. The van der Waals surface area contributed by atoms with Crippen LogP contribution in [0.2, 0.25) is 0 Å². The van der Waals surface area contributed by atoms with Gasteiger partial charge >= 0.3 is 0 Å². The molecule has 2 N–H and O–H groups in total. The molecule has 0 bridgehead atoms. The predicted octanol–water partition coefficient (Wildman–Crippen LogP) is 3.61. The van der Waals surface area contributed by atoms with E-state index in [0.29, 0.717) is 37.6 Å². The molecule has 0 spiro atoms. The zero-order valence-corrected chi connectivity index (χ0v) is 22.6. The summed E-state index contributed by atoms with van der Waals surface area (Å²) in [6.07, 6.45) is 7.80. The molecule has 5 rings (SSSR count). The number of aliphatic imine (C=N–C) groups is 1. The van der Waals surface area contributed by atoms with E-state index < -0.39 is 17.0 Å². The molecule has 1 aromatic heterocycles. The lowest BCUT2D eigenvalue weighted by Crippen LogP contribution is -2.54. The molecule has 4 heterocycles. The topological polar surface area (TPSA) is 109 Å². The predicted molar refractivity (Wildman–Crippen MR) is 149 cm³/mol. The van der Waals surface area contributed by atoms with Crippen LogP contribution in [0.1, 0.15) is 52.5 Å². The number of benzene rings is 1. The third-order valence-corrected chi connectivity index (χ3v) is 7.66. The molecule has 0 aliphatic carbocycles. The molecular formula is C30H36N6O2. The lowest BCUT2D eigenvalue weighted by Gasteiger charge is -2.33. The Hall–Kier alpha value is -3.65. The van der Waals surface area contributed by atoms with Gasteiger partial charge in [0.05, 0.1) is 17.3 Å². The Labute approximate surface area is 224 Å². The lowest BCUT2D eigenvalue weighted by atomic mass is 9.79. The van der Waals surface area contributed by atoms with Gasteiger partial charge in [-0.3, -0.25) is 9.59 Å². The van der Waals surface area contributed by atoms with Crippen molar-refractivity contribution in [2.45, 2.75) is 58.5 Å². The molecule has 2 atom stereocenters. The van der Waals surface area contributed by atoms with Crippen molar-refractivity contribution in [2.75, 3.05) is 24.5 Å². The van der Waals surface area contributed by atoms with E-state index in [0.717, 1.165) is 35.4 Å². The third kappa shape index (κ3) is 5.18. The van der Waals surface area contributed by atoms with Crippen LogP contribution >= 0.6 is 0 Å². The van der Waals surface area contributed by atoms with E-state index >= 15 is 0 Å². The molecule has 1 fully saturated rings. The zero-order chi connectivity index (χ0) is 26.9. The van der Waals surface area contributed by atoms with E-state index in [4.69, 9.17) is 4.99 Å². The van der Waals surface area contributed by atoms with Crippen LogP contribution in [0, 0.1) is 5.41 Å². The Morgan fingerprint density at radius 3 is 2.47 bits per heavy atom. The van der Waals surface area contributed by atoms with Crippen LogP contribution in [0.15, 0.2) is 76.7 Å². The molecule has 0 radical (unpaired) electrons. The first-order chi connectivity index (χ1) is 18.2. The highest BCUT2D eigenvalue weighted by Gasteiger charge is 2.52. The van der Waals surface area contributed by atoms with E-state index in [1.165, 1.54) is 0 Å². The number of amides is 1. The highest BCUT2D eigenvalue weighted by atomic mass is 16.2. The van der Waals surface area contributed by atoms with Crippen molar-refractivity contribution in [3.63, 3.8) is 0 Å². The van der Waals surface area contributed by atoms with E-state index in [1.54, 1.807) is 18.5 Å². The van der Waals surface area contributed by atoms with Crippen LogP contribution in [0.4, 0.5) is 5.95 Å². The van der Waals surface area contributed by atoms with Gasteiger partial charge in [-0.1, -0.05) is 64.1 Å². The second kappa shape index (κ2) is 10.3. The van der Waals surface area contributed by atoms with Crippen molar-refractivity contribution in [3.8, 4) is 0 Å².